The van der Waals surface area contributed by atoms with Crippen LogP contribution in [-0.2, 0) is 0 Å². The summed E-state index contributed by atoms with van der Waals surface area (Å²) >= 11 is 5.90. The lowest BCUT2D eigenvalue weighted by Crippen LogP contribution is -2.30. The average Bonchev–Trinajstić information content (AvgIpc) is 3.14. The Hall–Kier alpha value is -2.51. The van der Waals surface area contributed by atoms with Crippen LogP contribution in [0.5, 0.6) is 0 Å². The number of hydrogen-bond donors (Lipinski definition) is 1. The summed E-state index contributed by atoms with van der Waals surface area (Å²) in [7, 11) is 0. The van der Waals surface area contributed by atoms with E-state index in [9.17, 15) is 10.1 Å². The number of halogens is 1. The summed E-state index contributed by atoms with van der Waals surface area (Å²) in [4.78, 5) is 15.1. The number of hydrogen-bond acceptors (Lipinski definition) is 3. The molecule has 1 N–H and O–H groups in total. The lowest BCUT2D eigenvalue weighted by Gasteiger charge is -2.22. The molecule has 0 bridgehead atoms. The van der Waals surface area contributed by atoms with Gasteiger partial charge in [0.2, 0.25) is 0 Å². The highest BCUT2D eigenvalue weighted by Crippen LogP contribution is 2.26. The Morgan fingerprint density at radius 3 is 2.52 bits per heavy atom. The SMILES string of the molecule is Cc1ccc(N2CCCC2)c(C(=O)NC(C#N)c2ccc(Cl)cc2)c1. The van der Waals surface area contributed by atoms with Gasteiger partial charge in [-0.3, -0.25) is 4.79 Å². The van der Waals surface area contributed by atoms with Crippen LogP contribution in [0.1, 0.15) is 40.4 Å². The van der Waals surface area contributed by atoms with E-state index in [1.54, 1.807) is 24.3 Å². The third kappa shape index (κ3) is 3.94. The molecule has 1 atom stereocenters. The van der Waals surface area contributed by atoms with Crippen molar-refractivity contribution in [2.45, 2.75) is 25.8 Å². The molecule has 0 aromatic heterocycles. The van der Waals surface area contributed by atoms with Crippen LogP contribution in [0.15, 0.2) is 42.5 Å². The molecule has 4 nitrogen and oxygen atoms in total. The van der Waals surface area contributed by atoms with Crippen molar-refractivity contribution in [3.63, 3.8) is 0 Å². The number of carbonyl (C=O) groups is 1. The summed E-state index contributed by atoms with van der Waals surface area (Å²) in [5, 5.41) is 12.9. The van der Waals surface area contributed by atoms with Crippen LogP contribution in [0.25, 0.3) is 0 Å². The van der Waals surface area contributed by atoms with Gasteiger partial charge in [-0.05, 0) is 49.6 Å². The van der Waals surface area contributed by atoms with Crippen LogP contribution in [0, 0.1) is 18.3 Å². The summed E-state index contributed by atoms with van der Waals surface area (Å²) in [6.07, 6.45) is 2.28. The van der Waals surface area contributed by atoms with Crippen LogP contribution in [-0.4, -0.2) is 19.0 Å². The highest BCUT2D eigenvalue weighted by Gasteiger charge is 2.22. The van der Waals surface area contributed by atoms with Crippen LogP contribution < -0.4 is 10.2 Å². The molecule has 3 rings (SSSR count). The Morgan fingerprint density at radius 2 is 1.88 bits per heavy atom. The lowest BCUT2D eigenvalue weighted by atomic mass is 10.0. The lowest BCUT2D eigenvalue weighted by molar-refractivity contribution is 0.0945. The summed E-state index contributed by atoms with van der Waals surface area (Å²) in [5.74, 6) is -0.230. The summed E-state index contributed by atoms with van der Waals surface area (Å²) in [5.41, 5.74) is 3.30. The molecule has 1 amide bonds. The van der Waals surface area contributed by atoms with Crippen molar-refractivity contribution in [1.29, 1.82) is 5.26 Å². The first-order valence-corrected chi connectivity index (χ1v) is 8.78. The van der Waals surface area contributed by atoms with Crippen molar-refractivity contribution < 1.29 is 4.79 Å². The van der Waals surface area contributed by atoms with Crippen molar-refractivity contribution in [3.8, 4) is 6.07 Å². The Bertz CT molecular complexity index is 805. The minimum absolute atomic E-state index is 0.230. The van der Waals surface area contributed by atoms with Crippen molar-refractivity contribution in [2.24, 2.45) is 0 Å². The molecule has 0 spiro atoms. The Kier molecular flexibility index (Phi) is 5.25. The van der Waals surface area contributed by atoms with Gasteiger partial charge in [0.05, 0.1) is 11.6 Å². The van der Waals surface area contributed by atoms with Gasteiger partial charge in [0, 0.05) is 23.8 Å². The van der Waals surface area contributed by atoms with E-state index >= 15 is 0 Å². The van der Waals surface area contributed by atoms with Gasteiger partial charge in [0.25, 0.3) is 5.91 Å². The van der Waals surface area contributed by atoms with Crippen LogP contribution in [0.3, 0.4) is 0 Å². The molecular weight excluding hydrogens is 334 g/mol. The van der Waals surface area contributed by atoms with Crippen molar-refractivity contribution >= 4 is 23.2 Å². The molecule has 1 aliphatic heterocycles. The van der Waals surface area contributed by atoms with Gasteiger partial charge in [-0.2, -0.15) is 5.26 Å². The molecular formula is C20H20ClN3O. The normalized spacial score (nSPS) is 14.8. The Labute approximate surface area is 153 Å². The van der Waals surface area contributed by atoms with E-state index < -0.39 is 6.04 Å². The molecule has 1 unspecified atom stereocenters. The monoisotopic (exact) mass is 353 g/mol. The number of carbonyl (C=O) groups excluding carboxylic acids is 1. The summed E-state index contributed by atoms with van der Waals surface area (Å²) in [6.45, 7) is 3.88. The van der Waals surface area contributed by atoms with Gasteiger partial charge in [0.15, 0.2) is 0 Å². The molecule has 5 heteroatoms. The van der Waals surface area contributed by atoms with Crippen molar-refractivity contribution in [3.05, 3.63) is 64.2 Å². The molecule has 0 aliphatic carbocycles. The molecule has 2 aromatic carbocycles. The zero-order valence-corrected chi connectivity index (χ0v) is 14.9. The topological polar surface area (TPSA) is 56.1 Å². The van der Waals surface area contributed by atoms with E-state index in [0.29, 0.717) is 10.6 Å². The highest BCUT2D eigenvalue weighted by atomic mass is 35.5. The molecule has 1 heterocycles. The van der Waals surface area contributed by atoms with E-state index in [1.165, 1.54) is 0 Å². The third-order valence-corrected chi connectivity index (χ3v) is 4.70. The fourth-order valence-electron chi connectivity index (χ4n) is 3.12. The first kappa shape index (κ1) is 17.3. The number of anilines is 1. The highest BCUT2D eigenvalue weighted by molar-refractivity contribution is 6.30. The number of nitriles is 1. The van der Waals surface area contributed by atoms with Gasteiger partial charge in [0.1, 0.15) is 6.04 Å². The number of benzene rings is 2. The first-order chi connectivity index (χ1) is 12.1. The van der Waals surface area contributed by atoms with E-state index in [0.717, 1.165) is 42.7 Å². The maximum Gasteiger partial charge on any atom is 0.254 e. The third-order valence-electron chi connectivity index (χ3n) is 4.45. The Morgan fingerprint density at radius 1 is 1.20 bits per heavy atom. The maximum absolute atomic E-state index is 12.9. The van der Waals surface area contributed by atoms with E-state index in [4.69, 9.17) is 11.6 Å². The number of nitrogens with zero attached hydrogens (tertiary/aromatic N) is 2. The zero-order valence-electron chi connectivity index (χ0n) is 14.1. The Balaban J connectivity index is 1.86. The molecule has 1 saturated heterocycles. The van der Waals surface area contributed by atoms with Crippen LogP contribution in [0.4, 0.5) is 5.69 Å². The quantitative estimate of drug-likeness (QED) is 0.894. The fourth-order valence-corrected chi connectivity index (χ4v) is 3.25. The largest absolute Gasteiger partial charge is 0.371 e. The van der Waals surface area contributed by atoms with Gasteiger partial charge in [-0.25, -0.2) is 0 Å². The summed E-state index contributed by atoms with van der Waals surface area (Å²) in [6, 6.07) is 14.3. The molecule has 0 radical (unpaired) electrons. The van der Waals surface area contributed by atoms with Crippen LogP contribution >= 0.6 is 11.6 Å². The van der Waals surface area contributed by atoms with Crippen molar-refractivity contribution in [2.75, 3.05) is 18.0 Å². The van der Waals surface area contributed by atoms with Gasteiger partial charge in [-0.15, -0.1) is 0 Å². The molecule has 1 fully saturated rings. The molecule has 2 aromatic rings. The second-order valence-corrected chi connectivity index (χ2v) is 6.74. The minimum Gasteiger partial charge on any atom is -0.371 e. The second-order valence-electron chi connectivity index (χ2n) is 6.30. The number of aryl methyl sites for hydroxylation is 1. The molecule has 128 valence electrons. The zero-order chi connectivity index (χ0) is 17.8. The van der Waals surface area contributed by atoms with E-state index in [1.807, 2.05) is 25.1 Å². The standard InChI is InChI=1S/C20H20ClN3O/c1-14-4-9-19(24-10-2-3-11-24)17(12-14)20(25)23-18(13-22)15-5-7-16(21)8-6-15/h4-9,12,18H,2-3,10-11H2,1H3,(H,23,25). The first-order valence-electron chi connectivity index (χ1n) is 8.40. The predicted molar refractivity (Wildman–Crippen MR) is 99.9 cm³/mol. The predicted octanol–water partition coefficient (Wildman–Crippen LogP) is 4.24. The van der Waals surface area contributed by atoms with Crippen LogP contribution in [0.2, 0.25) is 5.02 Å². The van der Waals surface area contributed by atoms with E-state index in [-0.39, 0.29) is 5.91 Å². The molecule has 25 heavy (non-hydrogen) atoms. The molecule has 1 aliphatic rings. The smallest absolute Gasteiger partial charge is 0.254 e. The number of nitrogens with one attached hydrogen (secondary N) is 1. The average molecular weight is 354 g/mol. The minimum atomic E-state index is -0.711. The molecule has 0 saturated carbocycles. The van der Waals surface area contributed by atoms with E-state index in [2.05, 4.69) is 16.3 Å². The number of rotatable bonds is 4. The second kappa shape index (κ2) is 7.58. The van der Waals surface area contributed by atoms with Gasteiger partial charge >= 0.3 is 0 Å². The van der Waals surface area contributed by atoms with Gasteiger partial charge < -0.3 is 10.2 Å². The number of amides is 1. The summed E-state index contributed by atoms with van der Waals surface area (Å²) < 4.78 is 0. The van der Waals surface area contributed by atoms with Crippen molar-refractivity contribution in [1.82, 2.24) is 5.32 Å². The fraction of sp³-hybridized carbons (Fsp3) is 0.300. The van der Waals surface area contributed by atoms with Gasteiger partial charge in [-0.1, -0.05) is 35.4 Å². The maximum atomic E-state index is 12.9.